The minimum absolute atomic E-state index is 0.343. The molecule has 0 spiro atoms. The van der Waals surface area contributed by atoms with E-state index in [1.807, 2.05) is 12.1 Å². The van der Waals surface area contributed by atoms with Gasteiger partial charge in [0.05, 0.1) is 7.11 Å². The SMILES string of the molecule is COc1ccccc1CC(C)N[C@@H](C)c1ccc(C)cc1. The van der Waals surface area contributed by atoms with Gasteiger partial charge in [-0.3, -0.25) is 0 Å². The fourth-order valence-electron chi connectivity index (χ4n) is 2.64. The molecule has 0 heterocycles. The summed E-state index contributed by atoms with van der Waals surface area (Å²) in [7, 11) is 1.73. The monoisotopic (exact) mass is 283 g/mol. The van der Waals surface area contributed by atoms with Gasteiger partial charge in [-0.25, -0.2) is 0 Å². The molecular weight excluding hydrogens is 258 g/mol. The van der Waals surface area contributed by atoms with Gasteiger partial charge >= 0.3 is 0 Å². The predicted octanol–water partition coefficient (Wildman–Crippen LogP) is 4.29. The van der Waals surface area contributed by atoms with Crippen LogP contribution in [0.15, 0.2) is 48.5 Å². The number of methoxy groups -OCH3 is 1. The number of aryl methyl sites for hydroxylation is 1. The molecule has 1 N–H and O–H groups in total. The Morgan fingerprint density at radius 3 is 2.33 bits per heavy atom. The van der Waals surface area contributed by atoms with Crippen LogP contribution in [0.5, 0.6) is 5.75 Å². The lowest BCUT2D eigenvalue weighted by atomic mass is 10.0. The molecule has 2 aromatic carbocycles. The van der Waals surface area contributed by atoms with Crippen molar-refractivity contribution >= 4 is 0 Å². The fraction of sp³-hybridized carbons (Fsp3) is 0.368. The van der Waals surface area contributed by atoms with Crippen LogP contribution >= 0.6 is 0 Å². The molecule has 2 aromatic rings. The molecule has 0 aliphatic carbocycles. The third-order valence-electron chi connectivity index (χ3n) is 3.83. The molecular formula is C19H25NO. The largest absolute Gasteiger partial charge is 0.496 e. The maximum atomic E-state index is 5.42. The lowest BCUT2D eigenvalue weighted by Crippen LogP contribution is -2.30. The van der Waals surface area contributed by atoms with Gasteiger partial charge in [0, 0.05) is 12.1 Å². The van der Waals surface area contributed by atoms with Crippen molar-refractivity contribution in [1.82, 2.24) is 5.32 Å². The second kappa shape index (κ2) is 7.28. The summed E-state index contributed by atoms with van der Waals surface area (Å²) in [6.45, 7) is 6.55. The molecule has 112 valence electrons. The van der Waals surface area contributed by atoms with E-state index in [4.69, 9.17) is 4.74 Å². The third-order valence-corrected chi connectivity index (χ3v) is 3.83. The minimum atomic E-state index is 0.343. The van der Waals surface area contributed by atoms with Crippen LogP contribution < -0.4 is 10.1 Å². The van der Waals surface area contributed by atoms with Gasteiger partial charge in [-0.2, -0.15) is 0 Å². The lowest BCUT2D eigenvalue weighted by Gasteiger charge is -2.21. The fourth-order valence-corrected chi connectivity index (χ4v) is 2.64. The Morgan fingerprint density at radius 1 is 1.00 bits per heavy atom. The van der Waals surface area contributed by atoms with Crippen LogP contribution in [0.25, 0.3) is 0 Å². The number of hydrogen-bond donors (Lipinski definition) is 1. The van der Waals surface area contributed by atoms with Crippen LogP contribution in [0.4, 0.5) is 0 Å². The van der Waals surface area contributed by atoms with Gasteiger partial charge in [0.25, 0.3) is 0 Å². The minimum Gasteiger partial charge on any atom is -0.496 e. The van der Waals surface area contributed by atoms with Gasteiger partial charge < -0.3 is 10.1 Å². The molecule has 0 radical (unpaired) electrons. The molecule has 0 aliphatic heterocycles. The Morgan fingerprint density at radius 2 is 1.67 bits per heavy atom. The molecule has 2 rings (SSSR count). The van der Waals surface area contributed by atoms with Crippen molar-refractivity contribution in [2.24, 2.45) is 0 Å². The van der Waals surface area contributed by atoms with E-state index in [9.17, 15) is 0 Å². The molecule has 0 aromatic heterocycles. The van der Waals surface area contributed by atoms with Gasteiger partial charge in [0.2, 0.25) is 0 Å². The molecule has 0 saturated carbocycles. The Bertz CT molecular complexity index is 562. The van der Waals surface area contributed by atoms with Gasteiger partial charge in [0.1, 0.15) is 5.75 Å². The van der Waals surface area contributed by atoms with Crippen molar-refractivity contribution in [2.45, 2.75) is 39.3 Å². The molecule has 2 nitrogen and oxygen atoms in total. The van der Waals surface area contributed by atoms with Crippen molar-refractivity contribution in [3.63, 3.8) is 0 Å². The standard InChI is InChI=1S/C19H25NO/c1-14-9-11-17(12-10-14)16(3)20-15(2)13-18-7-5-6-8-19(18)21-4/h5-12,15-16,20H,13H2,1-4H3/t15?,16-/m0/s1. The summed E-state index contributed by atoms with van der Waals surface area (Å²) < 4.78 is 5.42. The van der Waals surface area contributed by atoms with Crippen LogP contribution in [0, 0.1) is 6.92 Å². The van der Waals surface area contributed by atoms with Gasteiger partial charge in [-0.1, -0.05) is 48.0 Å². The molecule has 21 heavy (non-hydrogen) atoms. The van der Waals surface area contributed by atoms with Crippen molar-refractivity contribution < 1.29 is 4.74 Å². The third kappa shape index (κ3) is 4.33. The van der Waals surface area contributed by atoms with E-state index in [2.05, 4.69) is 62.5 Å². The summed E-state index contributed by atoms with van der Waals surface area (Å²) in [4.78, 5) is 0. The normalized spacial score (nSPS) is 13.7. The highest BCUT2D eigenvalue weighted by Crippen LogP contribution is 2.20. The zero-order valence-corrected chi connectivity index (χ0v) is 13.4. The molecule has 0 fully saturated rings. The topological polar surface area (TPSA) is 21.3 Å². The van der Waals surface area contributed by atoms with E-state index in [1.165, 1.54) is 16.7 Å². The van der Waals surface area contributed by atoms with Crippen LogP contribution in [0.1, 0.15) is 36.6 Å². The molecule has 0 bridgehead atoms. The van der Waals surface area contributed by atoms with E-state index in [0.717, 1.165) is 12.2 Å². The van der Waals surface area contributed by atoms with E-state index in [0.29, 0.717) is 12.1 Å². The summed E-state index contributed by atoms with van der Waals surface area (Å²) in [6.07, 6.45) is 0.959. The lowest BCUT2D eigenvalue weighted by molar-refractivity contribution is 0.403. The Kier molecular flexibility index (Phi) is 5.40. The van der Waals surface area contributed by atoms with E-state index >= 15 is 0 Å². The van der Waals surface area contributed by atoms with E-state index in [-0.39, 0.29) is 0 Å². The average Bonchev–Trinajstić information content (AvgIpc) is 2.48. The number of rotatable bonds is 6. The smallest absolute Gasteiger partial charge is 0.122 e. The molecule has 1 unspecified atom stereocenters. The van der Waals surface area contributed by atoms with Crippen molar-refractivity contribution in [1.29, 1.82) is 0 Å². The number of hydrogen-bond acceptors (Lipinski definition) is 2. The first kappa shape index (κ1) is 15.6. The van der Waals surface area contributed by atoms with Crippen molar-refractivity contribution in [2.75, 3.05) is 7.11 Å². The van der Waals surface area contributed by atoms with E-state index in [1.54, 1.807) is 7.11 Å². The molecule has 0 saturated heterocycles. The maximum absolute atomic E-state index is 5.42. The van der Waals surface area contributed by atoms with Crippen molar-refractivity contribution in [3.05, 3.63) is 65.2 Å². The van der Waals surface area contributed by atoms with Gasteiger partial charge in [-0.05, 0) is 44.4 Å². The highest BCUT2D eigenvalue weighted by atomic mass is 16.5. The number of nitrogens with one attached hydrogen (secondary N) is 1. The quantitative estimate of drug-likeness (QED) is 0.854. The Hall–Kier alpha value is -1.80. The molecule has 0 amide bonds. The summed E-state index contributed by atoms with van der Waals surface area (Å²) in [5, 5.41) is 3.66. The highest BCUT2D eigenvalue weighted by Gasteiger charge is 2.12. The molecule has 2 heteroatoms. The Labute approximate surface area is 128 Å². The average molecular weight is 283 g/mol. The number of para-hydroxylation sites is 1. The van der Waals surface area contributed by atoms with Crippen LogP contribution in [0.3, 0.4) is 0 Å². The molecule has 0 aliphatic rings. The van der Waals surface area contributed by atoms with Crippen LogP contribution in [-0.4, -0.2) is 13.2 Å². The second-order valence-electron chi connectivity index (χ2n) is 5.72. The van der Waals surface area contributed by atoms with Gasteiger partial charge in [0.15, 0.2) is 0 Å². The zero-order valence-electron chi connectivity index (χ0n) is 13.4. The zero-order chi connectivity index (χ0) is 15.2. The first-order chi connectivity index (χ1) is 10.1. The van der Waals surface area contributed by atoms with Gasteiger partial charge in [-0.15, -0.1) is 0 Å². The number of benzene rings is 2. The Balaban J connectivity index is 1.97. The first-order valence-electron chi connectivity index (χ1n) is 7.54. The van der Waals surface area contributed by atoms with Crippen LogP contribution in [-0.2, 0) is 6.42 Å². The first-order valence-corrected chi connectivity index (χ1v) is 7.54. The summed E-state index contributed by atoms with van der Waals surface area (Å²) >= 11 is 0. The van der Waals surface area contributed by atoms with Crippen molar-refractivity contribution in [3.8, 4) is 5.75 Å². The maximum Gasteiger partial charge on any atom is 0.122 e. The predicted molar refractivity (Wildman–Crippen MR) is 88.9 cm³/mol. The summed E-state index contributed by atoms with van der Waals surface area (Å²) in [6, 6.07) is 17.7. The second-order valence-corrected chi connectivity index (χ2v) is 5.72. The molecule has 2 atom stereocenters. The number of ether oxygens (including phenoxy) is 1. The summed E-state index contributed by atoms with van der Waals surface area (Å²) in [5.74, 6) is 0.967. The summed E-state index contributed by atoms with van der Waals surface area (Å²) in [5.41, 5.74) is 3.87. The van der Waals surface area contributed by atoms with E-state index < -0.39 is 0 Å². The highest BCUT2D eigenvalue weighted by molar-refractivity contribution is 5.34. The van der Waals surface area contributed by atoms with Crippen LogP contribution in [0.2, 0.25) is 0 Å².